The van der Waals surface area contributed by atoms with Crippen molar-refractivity contribution in [3.63, 3.8) is 0 Å². The molecule has 0 spiro atoms. The number of amides is 1. The minimum Gasteiger partial charge on any atom is -0.366 e. The SMILES string of the molecule is N=C1C(C(N)=O)=CC=C(F)/C1=C/Nc1ccc([C@@H]2CCCNC2)cc1. The molecule has 5 N–H and O–H groups in total. The lowest BCUT2D eigenvalue weighted by molar-refractivity contribution is -0.114. The fraction of sp³-hybridized carbons (Fsp3) is 0.263. The van der Waals surface area contributed by atoms with Crippen molar-refractivity contribution in [1.82, 2.24) is 5.32 Å². The monoisotopic (exact) mass is 340 g/mol. The highest BCUT2D eigenvalue weighted by Crippen LogP contribution is 2.26. The van der Waals surface area contributed by atoms with Crippen molar-refractivity contribution >= 4 is 17.3 Å². The summed E-state index contributed by atoms with van der Waals surface area (Å²) >= 11 is 0. The lowest BCUT2D eigenvalue weighted by Gasteiger charge is -2.23. The summed E-state index contributed by atoms with van der Waals surface area (Å²) in [5, 5.41) is 14.3. The molecule has 25 heavy (non-hydrogen) atoms. The molecule has 1 aromatic rings. The van der Waals surface area contributed by atoms with Gasteiger partial charge in [-0.15, -0.1) is 0 Å². The van der Waals surface area contributed by atoms with Crippen LogP contribution in [0.2, 0.25) is 0 Å². The standard InChI is InChI=1S/C19H21FN4O/c20-17-8-7-15(19(22)25)18(21)16(17)11-24-14-5-3-12(4-6-14)13-2-1-9-23-10-13/h3-8,11,13,21,23-24H,1-2,9-10H2,(H2,22,25)/b16-11-,21-18?/t13-/m1/s1. The first-order chi connectivity index (χ1) is 12.1. The van der Waals surface area contributed by atoms with Gasteiger partial charge < -0.3 is 16.4 Å². The maximum atomic E-state index is 14.0. The molecular weight excluding hydrogens is 319 g/mol. The van der Waals surface area contributed by atoms with Gasteiger partial charge in [-0.3, -0.25) is 10.2 Å². The summed E-state index contributed by atoms with van der Waals surface area (Å²) in [6.07, 6.45) is 6.12. The fourth-order valence-electron chi connectivity index (χ4n) is 3.08. The summed E-state index contributed by atoms with van der Waals surface area (Å²) in [5.41, 5.74) is 7.06. The van der Waals surface area contributed by atoms with E-state index in [0.717, 1.165) is 24.9 Å². The molecule has 1 heterocycles. The molecule has 0 radical (unpaired) electrons. The number of carbonyl (C=O) groups is 1. The van der Waals surface area contributed by atoms with Crippen molar-refractivity contribution in [2.75, 3.05) is 18.4 Å². The summed E-state index contributed by atoms with van der Waals surface area (Å²) in [6, 6.07) is 7.98. The molecule has 0 unspecified atom stereocenters. The van der Waals surface area contributed by atoms with Crippen LogP contribution >= 0.6 is 0 Å². The number of carbonyl (C=O) groups excluding carboxylic acids is 1. The zero-order chi connectivity index (χ0) is 17.8. The minimum absolute atomic E-state index is 0.00500. The van der Waals surface area contributed by atoms with Crippen LogP contribution in [0.3, 0.4) is 0 Å². The van der Waals surface area contributed by atoms with Gasteiger partial charge in [0.25, 0.3) is 5.91 Å². The molecule has 1 fully saturated rings. The quantitative estimate of drug-likeness (QED) is 0.679. The summed E-state index contributed by atoms with van der Waals surface area (Å²) < 4.78 is 14.0. The van der Waals surface area contributed by atoms with Gasteiger partial charge in [0.05, 0.1) is 16.9 Å². The molecule has 0 bridgehead atoms. The van der Waals surface area contributed by atoms with E-state index < -0.39 is 11.7 Å². The maximum absolute atomic E-state index is 14.0. The van der Waals surface area contributed by atoms with Gasteiger partial charge in [0.2, 0.25) is 0 Å². The molecule has 1 amide bonds. The third-order valence-electron chi connectivity index (χ3n) is 4.52. The third kappa shape index (κ3) is 3.85. The first kappa shape index (κ1) is 17.1. The predicted octanol–water partition coefficient (Wildman–Crippen LogP) is 2.75. The average molecular weight is 340 g/mol. The number of nitrogens with two attached hydrogens (primary N) is 1. The summed E-state index contributed by atoms with van der Waals surface area (Å²) in [5.74, 6) is -0.797. The Hall–Kier alpha value is -2.73. The van der Waals surface area contributed by atoms with Crippen LogP contribution in [-0.2, 0) is 4.79 Å². The van der Waals surface area contributed by atoms with E-state index in [4.69, 9.17) is 11.1 Å². The summed E-state index contributed by atoms with van der Waals surface area (Å²) in [7, 11) is 0. The second kappa shape index (κ2) is 7.44. The van der Waals surface area contributed by atoms with E-state index >= 15 is 0 Å². The van der Waals surface area contributed by atoms with Crippen LogP contribution < -0.4 is 16.4 Å². The molecule has 6 heteroatoms. The number of hydrogen-bond donors (Lipinski definition) is 4. The number of piperidine rings is 1. The molecule has 3 rings (SSSR count). The van der Waals surface area contributed by atoms with E-state index in [1.165, 1.54) is 30.7 Å². The van der Waals surface area contributed by atoms with E-state index in [2.05, 4.69) is 22.8 Å². The molecule has 1 aliphatic carbocycles. The lowest BCUT2D eigenvalue weighted by atomic mass is 9.91. The molecule has 5 nitrogen and oxygen atoms in total. The van der Waals surface area contributed by atoms with E-state index in [1.807, 2.05) is 12.1 Å². The average Bonchev–Trinajstić information content (AvgIpc) is 2.62. The normalized spacial score (nSPS) is 22.4. The van der Waals surface area contributed by atoms with Crippen LogP contribution in [0.25, 0.3) is 0 Å². The second-order valence-corrected chi connectivity index (χ2v) is 6.20. The predicted molar refractivity (Wildman–Crippen MR) is 97.2 cm³/mol. The Labute approximate surface area is 146 Å². The van der Waals surface area contributed by atoms with Crippen LogP contribution in [0.4, 0.5) is 10.1 Å². The smallest absolute Gasteiger partial charge is 0.250 e. The van der Waals surface area contributed by atoms with Gasteiger partial charge >= 0.3 is 0 Å². The van der Waals surface area contributed by atoms with Gasteiger partial charge in [-0.2, -0.15) is 0 Å². The van der Waals surface area contributed by atoms with Crippen LogP contribution in [-0.4, -0.2) is 24.7 Å². The summed E-state index contributed by atoms with van der Waals surface area (Å²) in [4.78, 5) is 11.3. The van der Waals surface area contributed by atoms with Crippen molar-refractivity contribution in [2.45, 2.75) is 18.8 Å². The van der Waals surface area contributed by atoms with Crippen molar-refractivity contribution in [3.8, 4) is 0 Å². The van der Waals surface area contributed by atoms with Crippen molar-refractivity contribution < 1.29 is 9.18 Å². The van der Waals surface area contributed by atoms with E-state index in [9.17, 15) is 9.18 Å². The third-order valence-corrected chi connectivity index (χ3v) is 4.52. The molecule has 0 saturated carbocycles. The lowest BCUT2D eigenvalue weighted by Crippen LogP contribution is -2.28. The van der Waals surface area contributed by atoms with Crippen molar-refractivity contribution in [2.24, 2.45) is 5.73 Å². The topological polar surface area (TPSA) is 91.0 Å². The van der Waals surface area contributed by atoms with E-state index in [1.54, 1.807) is 0 Å². The van der Waals surface area contributed by atoms with Gasteiger partial charge in [0.15, 0.2) is 0 Å². The van der Waals surface area contributed by atoms with Gasteiger partial charge in [-0.05, 0) is 55.2 Å². The van der Waals surface area contributed by atoms with Crippen LogP contribution in [0.5, 0.6) is 0 Å². The van der Waals surface area contributed by atoms with Crippen LogP contribution in [0.1, 0.15) is 24.3 Å². The highest BCUT2D eigenvalue weighted by atomic mass is 19.1. The first-order valence-corrected chi connectivity index (χ1v) is 8.30. The molecule has 0 aromatic heterocycles. The number of halogens is 1. The van der Waals surface area contributed by atoms with Crippen molar-refractivity contribution in [3.05, 3.63) is 65.2 Å². The number of allylic oxidation sites excluding steroid dienone is 4. The van der Waals surface area contributed by atoms with Gasteiger partial charge in [-0.1, -0.05) is 12.1 Å². The molecule has 1 atom stereocenters. The first-order valence-electron chi connectivity index (χ1n) is 8.30. The van der Waals surface area contributed by atoms with Gasteiger partial charge in [0, 0.05) is 18.4 Å². The highest BCUT2D eigenvalue weighted by Gasteiger charge is 2.22. The zero-order valence-corrected chi connectivity index (χ0v) is 13.8. The van der Waals surface area contributed by atoms with Crippen molar-refractivity contribution in [1.29, 1.82) is 5.41 Å². The molecule has 2 aliphatic rings. The van der Waals surface area contributed by atoms with E-state index in [0.29, 0.717) is 5.92 Å². The molecule has 1 saturated heterocycles. The Bertz CT molecular complexity index is 771. The molecular formula is C19H21FN4O. The minimum atomic E-state index is -0.745. The highest BCUT2D eigenvalue weighted by molar-refractivity contribution is 6.28. The van der Waals surface area contributed by atoms with Gasteiger partial charge in [0.1, 0.15) is 5.83 Å². The number of rotatable bonds is 4. The number of primary amides is 1. The van der Waals surface area contributed by atoms with Crippen LogP contribution in [0.15, 0.2) is 59.6 Å². The number of benzene rings is 1. The Balaban J connectivity index is 1.71. The van der Waals surface area contributed by atoms with E-state index in [-0.39, 0.29) is 16.9 Å². The largest absolute Gasteiger partial charge is 0.366 e. The maximum Gasteiger partial charge on any atom is 0.250 e. The van der Waals surface area contributed by atoms with Gasteiger partial charge in [-0.25, -0.2) is 4.39 Å². The summed E-state index contributed by atoms with van der Waals surface area (Å²) in [6.45, 7) is 2.07. The second-order valence-electron chi connectivity index (χ2n) is 6.20. The zero-order valence-electron chi connectivity index (χ0n) is 13.8. The fourth-order valence-corrected chi connectivity index (χ4v) is 3.08. The number of hydrogen-bond acceptors (Lipinski definition) is 4. The number of nitrogens with one attached hydrogen (secondary N) is 3. The Kier molecular flexibility index (Phi) is 5.09. The Morgan fingerprint density at radius 1 is 1.32 bits per heavy atom. The Morgan fingerprint density at radius 3 is 2.72 bits per heavy atom. The molecule has 1 aliphatic heterocycles. The molecule has 130 valence electrons. The molecule has 1 aromatic carbocycles. The van der Waals surface area contributed by atoms with Crippen LogP contribution in [0, 0.1) is 5.41 Å². The Morgan fingerprint density at radius 2 is 2.08 bits per heavy atom. The number of anilines is 1.